The molecule has 0 unspecified atom stereocenters. The number of hydrogen-bond acceptors (Lipinski definition) is 4. The van der Waals surface area contributed by atoms with Gasteiger partial charge in [-0.25, -0.2) is 14.0 Å². The number of aromatic amines is 1. The fraction of sp³-hybridized carbons (Fsp3) is 0.312. The SMILES string of the molecule is CCc1cc(F)c(-c2n[nH]c(C)c2C(=O)O)c(COC(=O)NC)c1. The number of aryl methyl sites for hydroxylation is 2. The number of benzene rings is 1. The van der Waals surface area contributed by atoms with Gasteiger partial charge in [0, 0.05) is 23.9 Å². The van der Waals surface area contributed by atoms with E-state index >= 15 is 0 Å². The number of halogens is 1. The molecule has 0 saturated heterocycles. The Labute approximate surface area is 137 Å². The van der Waals surface area contributed by atoms with Crippen molar-refractivity contribution >= 4 is 12.1 Å². The van der Waals surface area contributed by atoms with E-state index in [1.165, 1.54) is 13.1 Å². The van der Waals surface area contributed by atoms with Gasteiger partial charge in [0.25, 0.3) is 0 Å². The van der Waals surface area contributed by atoms with E-state index in [0.717, 1.165) is 0 Å². The number of nitrogens with zero attached hydrogens (tertiary/aromatic N) is 1. The molecule has 1 amide bonds. The van der Waals surface area contributed by atoms with Crippen LogP contribution in [0.2, 0.25) is 0 Å². The Morgan fingerprint density at radius 1 is 1.42 bits per heavy atom. The molecule has 8 heteroatoms. The first-order valence-electron chi connectivity index (χ1n) is 7.33. The van der Waals surface area contributed by atoms with Crippen molar-refractivity contribution < 1.29 is 23.8 Å². The van der Waals surface area contributed by atoms with Gasteiger partial charge in [0.05, 0.1) is 0 Å². The smallest absolute Gasteiger partial charge is 0.407 e. The van der Waals surface area contributed by atoms with Gasteiger partial charge >= 0.3 is 12.1 Å². The van der Waals surface area contributed by atoms with Gasteiger partial charge in [-0.3, -0.25) is 5.10 Å². The summed E-state index contributed by atoms with van der Waals surface area (Å²) < 4.78 is 19.6. The maximum Gasteiger partial charge on any atom is 0.407 e. The van der Waals surface area contributed by atoms with Crippen LogP contribution in [0.4, 0.5) is 9.18 Å². The number of carboxylic acids is 1. The molecule has 1 aromatic heterocycles. The van der Waals surface area contributed by atoms with Crippen molar-refractivity contribution in [1.82, 2.24) is 15.5 Å². The molecule has 0 aliphatic heterocycles. The lowest BCUT2D eigenvalue weighted by atomic mass is 9.97. The van der Waals surface area contributed by atoms with Gasteiger partial charge in [-0.05, 0) is 25.0 Å². The molecular formula is C16H18FN3O4. The van der Waals surface area contributed by atoms with Crippen molar-refractivity contribution in [3.63, 3.8) is 0 Å². The number of nitrogens with one attached hydrogen (secondary N) is 2. The highest BCUT2D eigenvalue weighted by Crippen LogP contribution is 2.31. The van der Waals surface area contributed by atoms with Crippen LogP contribution in [0.25, 0.3) is 11.3 Å². The van der Waals surface area contributed by atoms with Gasteiger partial charge in [-0.1, -0.05) is 13.0 Å². The zero-order chi connectivity index (χ0) is 17.9. The van der Waals surface area contributed by atoms with E-state index in [1.807, 2.05) is 6.92 Å². The number of aromatic nitrogens is 2. The lowest BCUT2D eigenvalue weighted by Crippen LogP contribution is -2.19. The fourth-order valence-electron chi connectivity index (χ4n) is 2.40. The summed E-state index contributed by atoms with van der Waals surface area (Å²) in [6.45, 7) is 3.20. The lowest BCUT2D eigenvalue weighted by Gasteiger charge is -2.12. The summed E-state index contributed by atoms with van der Waals surface area (Å²) in [5.74, 6) is -1.83. The molecule has 0 radical (unpaired) electrons. The summed E-state index contributed by atoms with van der Waals surface area (Å²) in [4.78, 5) is 22.8. The standard InChI is InChI=1S/C16H18FN3O4/c1-4-9-5-10(7-24-16(23)18-3)13(11(17)6-9)14-12(15(21)22)8(2)19-20-14/h5-6H,4,7H2,1-3H3,(H,18,23)(H,19,20)(H,21,22). The van der Waals surface area contributed by atoms with Crippen molar-refractivity contribution in [3.05, 3.63) is 40.3 Å². The number of rotatable bonds is 5. The van der Waals surface area contributed by atoms with Crippen LogP contribution in [-0.4, -0.2) is 34.4 Å². The number of ether oxygens (including phenoxy) is 1. The summed E-state index contributed by atoms with van der Waals surface area (Å²) >= 11 is 0. The fourth-order valence-corrected chi connectivity index (χ4v) is 2.40. The molecule has 0 aliphatic carbocycles. The average molecular weight is 335 g/mol. The molecule has 2 rings (SSSR count). The Morgan fingerprint density at radius 3 is 2.71 bits per heavy atom. The Morgan fingerprint density at radius 2 is 2.12 bits per heavy atom. The van der Waals surface area contributed by atoms with Crippen molar-refractivity contribution in [2.24, 2.45) is 0 Å². The first-order valence-corrected chi connectivity index (χ1v) is 7.33. The highest BCUT2D eigenvalue weighted by Gasteiger charge is 2.24. The zero-order valence-corrected chi connectivity index (χ0v) is 13.6. The summed E-state index contributed by atoms with van der Waals surface area (Å²) in [6, 6.07) is 3.01. The second kappa shape index (κ2) is 7.12. The molecule has 0 spiro atoms. The predicted molar refractivity (Wildman–Crippen MR) is 84.3 cm³/mol. The van der Waals surface area contributed by atoms with Crippen LogP contribution >= 0.6 is 0 Å². The van der Waals surface area contributed by atoms with Crippen LogP contribution in [0.1, 0.15) is 34.1 Å². The van der Waals surface area contributed by atoms with E-state index in [-0.39, 0.29) is 23.4 Å². The van der Waals surface area contributed by atoms with Gasteiger partial charge in [-0.2, -0.15) is 5.10 Å². The number of hydrogen-bond donors (Lipinski definition) is 3. The third-order valence-corrected chi connectivity index (χ3v) is 3.60. The summed E-state index contributed by atoms with van der Waals surface area (Å²) in [5.41, 5.74) is 1.25. The molecule has 0 bridgehead atoms. The Bertz CT molecular complexity index is 786. The van der Waals surface area contributed by atoms with E-state index in [2.05, 4.69) is 15.5 Å². The van der Waals surface area contributed by atoms with E-state index < -0.39 is 17.9 Å². The Hall–Kier alpha value is -2.90. The van der Waals surface area contributed by atoms with Crippen molar-refractivity contribution in [1.29, 1.82) is 0 Å². The number of carboxylic acid groups (broad SMARTS) is 1. The van der Waals surface area contributed by atoms with Gasteiger partial charge in [-0.15, -0.1) is 0 Å². The number of carbonyl (C=O) groups excluding carboxylic acids is 1. The highest BCUT2D eigenvalue weighted by atomic mass is 19.1. The summed E-state index contributed by atoms with van der Waals surface area (Å²) in [5, 5.41) is 18.1. The van der Waals surface area contributed by atoms with Crippen molar-refractivity contribution in [2.45, 2.75) is 26.9 Å². The van der Waals surface area contributed by atoms with Crippen LogP contribution in [0, 0.1) is 12.7 Å². The molecule has 0 atom stereocenters. The third-order valence-electron chi connectivity index (χ3n) is 3.60. The topological polar surface area (TPSA) is 104 Å². The van der Waals surface area contributed by atoms with E-state index in [9.17, 15) is 19.1 Å². The molecule has 24 heavy (non-hydrogen) atoms. The van der Waals surface area contributed by atoms with Crippen LogP contribution in [0.5, 0.6) is 0 Å². The second-order valence-corrected chi connectivity index (χ2v) is 5.17. The molecule has 7 nitrogen and oxygen atoms in total. The lowest BCUT2D eigenvalue weighted by molar-refractivity contribution is 0.0697. The van der Waals surface area contributed by atoms with E-state index in [4.69, 9.17) is 4.74 Å². The molecule has 0 saturated carbocycles. The number of H-pyrrole nitrogens is 1. The minimum atomic E-state index is -1.21. The summed E-state index contributed by atoms with van der Waals surface area (Å²) in [6.07, 6.45) is -0.0878. The average Bonchev–Trinajstić information content (AvgIpc) is 2.93. The van der Waals surface area contributed by atoms with E-state index in [1.54, 1.807) is 13.0 Å². The molecule has 1 heterocycles. The molecule has 2 aromatic rings. The number of aromatic carboxylic acids is 1. The van der Waals surface area contributed by atoms with Crippen LogP contribution in [0.3, 0.4) is 0 Å². The molecule has 128 valence electrons. The normalized spacial score (nSPS) is 10.5. The molecular weight excluding hydrogens is 317 g/mol. The maximum absolute atomic E-state index is 14.6. The minimum absolute atomic E-state index is 0.0119. The molecule has 1 aromatic carbocycles. The molecule has 0 aliphatic rings. The number of carbonyl (C=O) groups is 2. The van der Waals surface area contributed by atoms with E-state index in [0.29, 0.717) is 23.2 Å². The molecule has 3 N–H and O–H groups in total. The first kappa shape index (κ1) is 17.5. The van der Waals surface area contributed by atoms with Crippen LogP contribution in [-0.2, 0) is 17.8 Å². The van der Waals surface area contributed by atoms with Gasteiger partial charge < -0.3 is 15.2 Å². The van der Waals surface area contributed by atoms with Crippen LogP contribution in [0.15, 0.2) is 12.1 Å². The Balaban J connectivity index is 2.60. The zero-order valence-electron chi connectivity index (χ0n) is 13.6. The first-order chi connectivity index (χ1) is 11.4. The van der Waals surface area contributed by atoms with Gasteiger partial charge in [0.15, 0.2) is 0 Å². The minimum Gasteiger partial charge on any atom is -0.478 e. The van der Waals surface area contributed by atoms with Gasteiger partial charge in [0.2, 0.25) is 0 Å². The highest BCUT2D eigenvalue weighted by molar-refractivity contribution is 5.96. The monoisotopic (exact) mass is 335 g/mol. The van der Waals surface area contributed by atoms with Crippen molar-refractivity contribution in [3.8, 4) is 11.3 Å². The number of alkyl carbamates (subject to hydrolysis) is 1. The third kappa shape index (κ3) is 3.37. The quantitative estimate of drug-likeness (QED) is 0.779. The largest absolute Gasteiger partial charge is 0.478 e. The number of amides is 1. The molecule has 0 fully saturated rings. The van der Waals surface area contributed by atoms with Gasteiger partial charge in [0.1, 0.15) is 23.7 Å². The Kier molecular flexibility index (Phi) is 5.18. The van der Waals surface area contributed by atoms with Crippen LogP contribution < -0.4 is 5.32 Å². The van der Waals surface area contributed by atoms with Crippen molar-refractivity contribution in [2.75, 3.05) is 7.05 Å². The second-order valence-electron chi connectivity index (χ2n) is 5.17. The summed E-state index contributed by atoms with van der Waals surface area (Å²) in [7, 11) is 1.41. The predicted octanol–water partition coefficient (Wildman–Crippen LogP) is 2.64. The maximum atomic E-state index is 14.6.